The van der Waals surface area contributed by atoms with Gasteiger partial charge in [-0.3, -0.25) is 14.5 Å². The molecule has 134 valence electrons. The van der Waals surface area contributed by atoms with Crippen molar-refractivity contribution in [3.05, 3.63) is 89.0 Å². The van der Waals surface area contributed by atoms with Gasteiger partial charge in [0.15, 0.2) is 5.78 Å². The van der Waals surface area contributed by atoms with Crippen LogP contribution in [-0.4, -0.2) is 21.9 Å². The Balaban J connectivity index is 1.88. The van der Waals surface area contributed by atoms with E-state index in [9.17, 15) is 19.8 Å². The predicted molar refractivity (Wildman–Crippen MR) is 101 cm³/mol. The molecule has 3 aromatic rings. The number of phenols is 2. The number of fused-ring (bicyclic) bond motifs is 1. The van der Waals surface area contributed by atoms with E-state index in [1.54, 1.807) is 36.4 Å². The molecule has 0 spiro atoms. The fourth-order valence-electron chi connectivity index (χ4n) is 3.42. The van der Waals surface area contributed by atoms with Crippen LogP contribution in [0.4, 0.5) is 5.69 Å². The number of benzene rings is 3. The lowest BCUT2D eigenvalue weighted by Gasteiger charge is -2.25. The first kappa shape index (κ1) is 16.8. The van der Waals surface area contributed by atoms with Gasteiger partial charge in [0, 0.05) is 11.3 Å². The lowest BCUT2D eigenvalue weighted by Crippen LogP contribution is -2.32. The zero-order chi connectivity index (χ0) is 19.1. The molecule has 0 aliphatic carbocycles. The van der Waals surface area contributed by atoms with Gasteiger partial charge in [0.05, 0.1) is 5.56 Å². The molecule has 3 aromatic carbocycles. The van der Waals surface area contributed by atoms with Gasteiger partial charge in [-0.25, -0.2) is 0 Å². The third kappa shape index (κ3) is 2.73. The third-order valence-corrected chi connectivity index (χ3v) is 4.77. The largest absolute Gasteiger partial charge is 0.508 e. The number of carbonyl (C=O) groups excluding carboxylic acids is 2. The van der Waals surface area contributed by atoms with E-state index in [-0.39, 0.29) is 23.0 Å². The molecule has 0 aromatic heterocycles. The first-order valence-electron chi connectivity index (χ1n) is 8.52. The monoisotopic (exact) mass is 359 g/mol. The smallest absolute Gasteiger partial charge is 0.259 e. The second kappa shape index (κ2) is 6.29. The molecule has 2 N–H and O–H groups in total. The Morgan fingerprint density at radius 1 is 0.963 bits per heavy atom. The molecular weight excluding hydrogens is 342 g/mol. The number of amides is 1. The van der Waals surface area contributed by atoms with E-state index in [1.807, 2.05) is 19.1 Å². The number of hydrogen-bond acceptors (Lipinski definition) is 4. The topological polar surface area (TPSA) is 77.8 Å². The van der Waals surface area contributed by atoms with E-state index in [1.165, 1.54) is 23.1 Å². The predicted octanol–water partition coefficient (Wildman–Crippen LogP) is 3.99. The number of aromatic hydroxyl groups is 2. The Morgan fingerprint density at radius 3 is 2.41 bits per heavy atom. The van der Waals surface area contributed by atoms with Crippen LogP contribution in [0.3, 0.4) is 0 Å². The average Bonchev–Trinajstić information content (AvgIpc) is 2.97. The molecule has 1 aliphatic rings. The van der Waals surface area contributed by atoms with Crippen molar-refractivity contribution in [3.63, 3.8) is 0 Å². The number of rotatable bonds is 3. The van der Waals surface area contributed by atoms with E-state index in [4.69, 9.17) is 0 Å². The van der Waals surface area contributed by atoms with Crippen molar-refractivity contribution in [2.45, 2.75) is 13.0 Å². The molecular formula is C22H17NO4. The summed E-state index contributed by atoms with van der Waals surface area (Å²) in [6, 6.07) is 17.2. The molecule has 0 saturated heterocycles. The molecule has 0 saturated carbocycles. The van der Waals surface area contributed by atoms with Crippen LogP contribution in [0.1, 0.15) is 37.9 Å². The Bertz CT molecular complexity index is 1060. The van der Waals surface area contributed by atoms with Crippen molar-refractivity contribution in [1.29, 1.82) is 0 Å². The molecule has 0 radical (unpaired) electrons. The summed E-state index contributed by atoms with van der Waals surface area (Å²) in [6.07, 6.45) is 0. The summed E-state index contributed by atoms with van der Waals surface area (Å²) in [7, 11) is 0. The normalized spacial score (nSPS) is 15.7. The fourth-order valence-corrected chi connectivity index (χ4v) is 3.42. The van der Waals surface area contributed by atoms with Gasteiger partial charge in [0.2, 0.25) is 0 Å². The molecule has 5 heteroatoms. The van der Waals surface area contributed by atoms with E-state index in [2.05, 4.69) is 0 Å². The summed E-state index contributed by atoms with van der Waals surface area (Å²) in [6.45, 7) is 1.94. The number of carbonyl (C=O) groups is 2. The number of nitrogens with zero attached hydrogens (tertiary/aromatic N) is 1. The minimum absolute atomic E-state index is 0.0263. The highest BCUT2D eigenvalue weighted by atomic mass is 16.3. The molecule has 0 fully saturated rings. The summed E-state index contributed by atoms with van der Waals surface area (Å²) in [5.74, 6) is -1.09. The molecule has 4 rings (SSSR count). The Labute approximate surface area is 156 Å². The van der Waals surface area contributed by atoms with Gasteiger partial charge in [0.25, 0.3) is 5.91 Å². The van der Waals surface area contributed by atoms with Crippen molar-refractivity contribution in [2.24, 2.45) is 0 Å². The van der Waals surface area contributed by atoms with Crippen LogP contribution in [0.15, 0.2) is 66.7 Å². The van der Waals surface area contributed by atoms with Crippen LogP contribution in [0.2, 0.25) is 0 Å². The standard InChI is InChI=1S/C22H17NO4/c1-13-6-8-14(9-7-13)23-20(16-4-2-3-5-17(16)22(23)27)21(26)18-12-15(24)10-11-19(18)25/h2-12,20,24-25H,1H3. The number of Topliss-reactive ketones (excluding diaryl/α,β-unsaturated/α-hetero) is 1. The van der Waals surface area contributed by atoms with Crippen molar-refractivity contribution in [3.8, 4) is 11.5 Å². The number of anilines is 1. The summed E-state index contributed by atoms with van der Waals surface area (Å²) >= 11 is 0. The first-order valence-corrected chi connectivity index (χ1v) is 8.52. The summed E-state index contributed by atoms with van der Waals surface area (Å²) in [5, 5.41) is 19.9. The van der Waals surface area contributed by atoms with E-state index < -0.39 is 11.8 Å². The second-order valence-electron chi connectivity index (χ2n) is 6.57. The van der Waals surface area contributed by atoms with Crippen LogP contribution in [-0.2, 0) is 0 Å². The molecule has 1 heterocycles. The minimum Gasteiger partial charge on any atom is -0.508 e. The second-order valence-corrected chi connectivity index (χ2v) is 6.57. The van der Waals surface area contributed by atoms with Crippen LogP contribution in [0, 0.1) is 6.92 Å². The number of aryl methyl sites for hydroxylation is 1. The van der Waals surface area contributed by atoms with E-state index in [0.29, 0.717) is 16.8 Å². The van der Waals surface area contributed by atoms with Gasteiger partial charge >= 0.3 is 0 Å². The van der Waals surface area contributed by atoms with Crippen LogP contribution >= 0.6 is 0 Å². The maximum absolute atomic E-state index is 13.3. The summed E-state index contributed by atoms with van der Waals surface area (Å²) < 4.78 is 0. The SMILES string of the molecule is Cc1ccc(N2C(=O)c3ccccc3C2C(=O)c2cc(O)ccc2O)cc1. The average molecular weight is 359 g/mol. The van der Waals surface area contributed by atoms with Gasteiger partial charge in [-0.2, -0.15) is 0 Å². The van der Waals surface area contributed by atoms with Gasteiger partial charge in [-0.05, 0) is 48.9 Å². The van der Waals surface area contributed by atoms with E-state index >= 15 is 0 Å². The Morgan fingerprint density at radius 2 is 1.67 bits per heavy atom. The lowest BCUT2D eigenvalue weighted by atomic mass is 9.96. The van der Waals surface area contributed by atoms with E-state index in [0.717, 1.165) is 5.56 Å². The van der Waals surface area contributed by atoms with Crippen molar-refractivity contribution in [2.75, 3.05) is 4.90 Å². The van der Waals surface area contributed by atoms with Crippen molar-refractivity contribution in [1.82, 2.24) is 0 Å². The highest BCUT2D eigenvalue weighted by Gasteiger charge is 2.42. The Hall–Kier alpha value is -3.60. The van der Waals surface area contributed by atoms with Crippen molar-refractivity contribution >= 4 is 17.4 Å². The maximum Gasteiger partial charge on any atom is 0.259 e. The van der Waals surface area contributed by atoms with Crippen LogP contribution in [0.5, 0.6) is 11.5 Å². The van der Waals surface area contributed by atoms with Gasteiger partial charge in [-0.1, -0.05) is 35.9 Å². The maximum atomic E-state index is 13.3. The van der Waals surface area contributed by atoms with Crippen molar-refractivity contribution < 1.29 is 19.8 Å². The fraction of sp³-hybridized carbons (Fsp3) is 0.0909. The van der Waals surface area contributed by atoms with Gasteiger partial charge < -0.3 is 10.2 Å². The molecule has 1 amide bonds. The Kier molecular flexibility index (Phi) is 3.92. The zero-order valence-electron chi connectivity index (χ0n) is 14.6. The summed E-state index contributed by atoms with van der Waals surface area (Å²) in [5.41, 5.74) is 2.64. The van der Waals surface area contributed by atoms with Gasteiger partial charge in [-0.15, -0.1) is 0 Å². The molecule has 1 aliphatic heterocycles. The number of phenolic OH excluding ortho intramolecular Hbond substituents is 2. The molecule has 0 bridgehead atoms. The van der Waals surface area contributed by atoms with Crippen LogP contribution in [0.25, 0.3) is 0 Å². The minimum atomic E-state index is -0.913. The molecule has 5 nitrogen and oxygen atoms in total. The van der Waals surface area contributed by atoms with Gasteiger partial charge in [0.1, 0.15) is 17.5 Å². The highest BCUT2D eigenvalue weighted by molar-refractivity contribution is 6.19. The quantitative estimate of drug-likeness (QED) is 0.547. The number of hydrogen-bond donors (Lipinski definition) is 2. The molecule has 27 heavy (non-hydrogen) atoms. The highest BCUT2D eigenvalue weighted by Crippen LogP contribution is 2.40. The first-order chi connectivity index (χ1) is 13.0. The van der Waals surface area contributed by atoms with Crippen LogP contribution < -0.4 is 4.90 Å². The lowest BCUT2D eigenvalue weighted by molar-refractivity contribution is 0.0914. The molecule has 1 unspecified atom stereocenters. The number of ketones is 1. The summed E-state index contributed by atoms with van der Waals surface area (Å²) in [4.78, 5) is 27.8. The molecule has 1 atom stereocenters. The zero-order valence-corrected chi connectivity index (χ0v) is 14.6. The third-order valence-electron chi connectivity index (χ3n) is 4.77.